The van der Waals surface area contributed by atoms with Crippen molar-refractivity contribution in [3.63, 3.8) is 0 Å². The van der Waals surface area contributed by atoms with Gasteiger partial charge in [0.2, 0.25) is 0 Å². The molecule has 152 valence electrons. The first-order chi connectivity index (χ1) is 13.8. The van der Waals surface area contributed by atoms with Crippen molar-refractivity contribution in [2.75, 3.05) is 13.7 Å². The molecule has 0 N–H and O–H groups in total. The maximum atomic E-state index is 12.5. The summed E-state index contributed by atoms with van der Waals surface area (Å²) in [5.74, 6) is 0.927. The first kappa shape index (κ1) is 20.9. The molecule has 0 bridgehead atoms. The van der Waals surface area contributed by atoms with Crippen LogP contribution in [0.2, 0.25) is 0 Å². The highest BCUT2D eigenvalue weighted by Crippen LogP contribution is 2.35. The van der Waals surface area contributed by atoms with Crippen LogP contribution in [0.1, 0.15) is 40.3 Å². The molecule has 0 aliphatic heterocycles. The van der Waals surface area contributed by atoms with E-state index in [1.807, 2.05) is 0 Å². The van der Waals surface area contributed by atoms with Crippen LogP contribution in [0.5, 0.6) is 11.5 Å². The van der Waals surface area contributed by atoms with Gasteiger partial charge < -0.3 is 18.6 Å². The number of benzene rings is 2. The highest BCUT2D eigenvalue weighted by Gasteiger charge is 2.22. The number of ether oxygens (including phenoxy) is 3. The van der Waals surface area contributed by atoms with Crippen molar-refractivity contribution in [3.05, 3.63) is 57.8 Å². The number of esters is 1. The predicted octanol–water partition coefficient (Wildman–Crippen LogP) is 5.34. The summed E-state index contributed by atoms with van der Waals surface area (Å²) in [7, 11) is 1.57. The van der Waals surface area contributed by atoms with Gasteiger partial charge in [0.1, 0.15) is 28.4 Å². The number of hydrogen-bond acceptors (Lipinski definition) is 6. The normalized spacial score (nSPS) is 11.0. The number of carbonyl (C=O) groups excluding carboxylic acids is 2. The lowest BCUT2D eigenvalue weighted by atomic mass is 10.1. The summed E-state index contributed by atoms with van der Waals surface area (Å²) in [5, 5.41) is 0.572. The Morgan fingerprint density at radius 3 is 2.45 bits per heavy atom. The van der Waals surface area contributed by atoms with Crippen LogP contribution in [0.15, 0.2) is 45.3 Å². The number of halogens is 1. The van der Waals surface area contributed by atoms with Gasteiger partial charge in [-0.3, -0.25) is 4.79 Å². The van der Waals surface area contributed by atoms with E-state index < -0.39 is 5.97 Å². The number of methoxy groups -OCH3 is 1. The zero-order chi connectivity index (χ0) is 21.1. The van der Waals surface area contributed by atoms with E-state index in [1.165, 1.54) is 0 Å². The SMILES string of the molecule is COc1ccc(C(=O)COc2cc3c(C(=O)OC(C)C)c(C)oc3cc2Br)cc1. The van der Waals surface area contributed by atoms with Gasteiger partial charge in [-0.15, -0.1) is 0 Å². The van der Waals surface area contributed by atoms with Crippen LogP contribution in [0.25, 0.3) is 11.0 Å². The lowest BCUT2D eigenvalue weighted by molar-refractivity contribution is 0.0378. The van der Waals surface area contributed by atoms with Crippen LogP contribution in [0.4, 0.5) is 0 Å². The summed E-state index contributed by atoms with van der Waals surface area (Å²) in [6, 6.07) is 10.2. The van der Waals surface area contributed by atoms with Crippen LogP contribution in [0, 0.1) is 6.92 Å². The van der Waals surface area contributed by atoms with E-state index in [2.05, 4.69) is 15.9 Å². The Morgan fingerprint density at radius 1 is 1.14 bits per heavy atom. The lowest BCUT2D eigenvalue weighted by Gasteiger charge is -2.09. The zero-order valence-electron chi connectivity index (χ0n) is 16.6. The average molecular weight is 461 g/mol. The number of ketones is 1. The quantitative estimate of drug-likeness (QED) is 0.349. The average Bonchev–Trinajstić information content (AvgIpc) is 2.99. The van der Waals surface area contributed by atoms with Gasteiger partial charge in [-0.25, -0.2) is 4.79 Å². The van der Waals surface area contributed by atoms with Crippen molar-refractivity contribution in [2.45, 2.75) is 26.9 Å². The molecule has 0 atom stereocenters. The Kier molecular flexibility index (Phi) is 6.27. The monoisotopic (exact) mass is 460 g/mol. The van der Waals surface area contributed by atoms with Crippen molar-refractivity contribution in [2.24, 2.45) is 0 Å². The second-order valence-electron chi connectivity index (χ2n) is 6.71. The van der Waals surface area contributed by atoms with E-state index in [0.29, 0.717) is 43.8 Å². The van der Waals surface area contributed by atoms with Gasteiger partial charge in [0.25, 0.3) is 0 Å². The van der Waals surface area contributed by atoms with Crippen molar-refractivity contribution in [3.8, 4) is 11.5 Å². The standard InChI is InChI=1S/C22H21BrO6/c1-12(2)28-22(25)21-13(3)29-19-10-17(23)20(9-16(19)21)27-11-18(24)14-5-7-15(26-4)8-6-14/h5-10,12H,11H2,1-4H3. The number of furan rings is 1. The second kappa shape index (κ2) is 8.69. The van der Waals surface area contributed by atoms with Gasteiger partial charge in [0.05, 0.1) is 17.7 Å². The zero-order valence-corrected chi connectivity index (χ0v) is 18.2. The Balaban J connectivity index is 1.84. The summed E-state index contributed by atoms with van der Waals surface area (Å²) in [5.41, 5.74) is 1.40. The lowest BCUT2D eigenvalue weighted by Crippen LogP contribution is -2.13. The first-order valence-corrected chi connectivity index (χ1v) is 9.83. The minimum absolute atomic E-state index is 0.154. The molecule has 1 aromatic heterocycles. The van der Waals surface area contributed by atoms with Crippen LogP contribution < -0.4 is 9.47 Å². The summed E-state index contributed by atoms with van der Waals surface area (Å²) >= 11 is 3.42. The number of fused-ring (bicyclic) bond motifs is 1. The minimum Gasteiger partial charge on any atom is -0.497 e. The number of carbonyl (C=O) groups is 2. The topological polar surface area (TPSA) is 75.0 Å². The van der Waals surface area contributed by atoms with E-state index in [9.17, 15) is 9.59 Å². The highest BCUT2D eigenvalue weighted by molar-refractivity contribution is 9.10. The molecule has 0 aliphatic rings. The minimum atomic E-state index is -0.459. The molecule has 3 rings (SSSR count). The molecule has 3 aromatic rings. The van der Waals surface area contributed by atoms with Gasteiger partial charge >= 0.3 is 5.97 Å². The van der Waals surface area contributed by atoms with Gasteiger partial charge in [0, 0.05) is 10.9 Å². The van der Waals surface area contributed by atoms with Crippen LogP contribution in [0.3, 0.4) is 0 Å². The molecule has 1 heterocycles. The summed E-state index contributed by atoms with van der Waals surface area (Å²) in [6.07, 6.45) is -0.250. The van der Waals surface area contributed by atoms with Gasteiger partial charge in [-0.05, 0) is 73.1 Å². The molecule has 0 saturated heterocycles. The van der Waals surface area contributed by atoms with Gasteiger partial charge in [-0.2, -0.15) is 0 Å². The maximum Gasteiger partial charge on any atom is 0.342 e. The van der Waals surface area contributed by atoms with E-state index in [1.54, 1.807) is 64.3 Å². The van der Waals surface area contributed by atoms with E-state index in [-0.39, 0.29) is 18.5 Å². The van der Waals surface area contributed by atoms with Crippen LogP contribution in [-0.2, 0) is 4.74 Å². The Hall–Kier alpha value is -2.80. The molecule has 0 radical (unpaired) electrons. The summed E-state index contributed by atoms with van der Waals surface area (Å²) in [6.45, 7) is 5.12. The summed E-state index contributed by atoms with van der Waals surface area (Å²) < 4.78 is 22.4. The summed E-state index contributed by atoms with van der Waals surface area (Å²) in [4.78, 5) is 24.9. The maximum absolute atomic E-state index is 12.5. The van der Waals surface area contributed by atoms with E-state index in [4.69, 9.17) is 18.6 Å². The third-order valence-electron chi connectivity index (χ3n) is 4.24. The number of aryl methyl sites for hydroxylation is 1. The second-order valence-corrected chi connectivity index (χ2v) is 7.56. The Morgan fingerprint density at radius 2 is 1.83 bits per heavy atom. The molecule has 2 aromatic carbocycles. The third-order valence-corrected chi connectivity index (χ3v) is 4.86. The molecule has 0 fully saturated rings. The smallest absolute Gasteiger partial charge is 0.342 e. The highest BCUT2D eigenvalue weighted by atomic mass is 79.9. The molecular weight excluding hydrogens is 440 g/mol. The molecule has 0 amide bonds. The Labute approximate surface area is 176 Å². The predicted molar refractivity (Wildman–Crippen MR) is 112 cm³/mol. The van der Waals surface area contributed by atoms with Crippen molar-refractivity contribution in [1.82, 2.24) is 0 Å². The van der Waals surface area contributed by atoms with Crippen molar-refractivity contribution >= 4 is 38.7 Å². The fourth-order valence-electron chi connectivity index (χ4n) is 2.86. The molecule has 0 saturated carbocycles. The fraction of sp³-hybridized carbons (Fsp3) is 0.273. The number of Topliss-reactive ketones (excluding diaryl/α,β-unsaturated/α-hetero) is 1. The molecule has 0 aliphatic carbocycles. The molecule has 29 heavy (non-hydrogen) atoms. The fourth-order valence-corrected chi connectivity index (χ4v) is 3.30. The Bertz CT molecular complexity index is 1050. The largest absolute Gasteiger partial charge is 0.497 e. The number of hydrogen-bond donors (Lipinski definition) is 0. The van der Waals surface area contributed by atoms with Gasteiger partial charge in [-0.1, -0.05) is 0 Å². The molecule has 6 nitrogen and oxygen atoms in total. The van der Waals surface area contributed by atoms with E-state index in [0.717, 1.165) is 0 Å². The van der Waals surface area contributed by atoms with Crippen molar-refractivity contribution in [1.29, 1.82) is 0 Å². The van der Waals surface area contributed by atoms with E-state index >= 15 is 0 Å². The van der Waals surface area contributed by atoms with Crippen molar-refractivity contribution < 1.29 is 28.2 Å². The molecular formula is C22H21BrO6. The first-order valence-electron chi connectivity index (χ1n) is 9.03. The van der Waals surface area contributed by atoms with Crippen LogP contribution >= 0.6 is 15.9 Å². The van der Waals surface area contributed by atoms with Crippen LogP contribution in [-0.4, -0.2) is 31.6 Å². The molecule has 0 spiro atoms. The number of rotatable bonds is 7. The molecule has 0 unspecified atom stereocenters. The third kappa shape index (κ3) is 4.62. The van der Waals surface area contributed by atoms with Gasteiger partial charge in [0.15, 0.2) is 12.4 Å². The molecule has 7 heteroatoms.